The number of Topliss-reactive ketones (excluding diaryl/α,β-unsaturated/α-hetero) is 2. The van der Waals surface area contributed by atoms with Crippen molar-refractivity contribution in [2.75, 3.05) is 13.2 Å². The molecular formula is C38H20Cl4F2O8S6. The van der Waals surface area contributed by atoms with Gasteiger partial charge in [-0.15, -0.1) is 0 Å². The van der Waals surface area contributed by atoms with Gasteiger partial charge in [-0.3, -0.25) is 9.59 Å². The molecule has 0 atom stereocenters. The number of carboxylic acids is 2. The van der Waals surface area contributed by atoms with Gasteiger partial charge in [-0.25, -0.2) is 18.4 Å². The van der Waals surface area contributed by atoms with Crippen molar-refractivity contribution in [3.8, 4) is 11.5 Å². The Hall–Kier alpha value is -3.16. The number of allylic oxidation sites excluding steroid dienone is 4. The maximum Gasteiger partial charge on any atom is 0.341 e. The minimum absolute atomic E-state index is 0.0456. The van der Waals surface area contributed by atoms with E-state index in [9.17, 15) is 28.0 Å². The normalized spacial score (nSPS) is 15.4. The van der Waals surface area contributed by atoms with E-state index in [0.717, 1.165) is 21.6 Å². The van der Waals surface area contributed by atoms with E-state index in [1.54, 1.807) is 36.4 Å². The summed E-state index contributed by atoms with van der Waals surface area (Å²) >= 11 is 26.1. The molecule has 8 nitrogen and oxygen atoms in total. The second-order valence-electron chi connectivity index (χ2n) is 11.4. The summed E-state index contributed by atoms with van der Waals surface area (Å²) < 4.78 is 38.0. The fraction of sp³-hybridized carbons (Fsp3) is 0.0526. The van der Waals surface area contributed by atoms with Crippen LogP contribution in [0.2, 0.25) is 20.1 Å². The fourth-order valence-corrected chi connectivity index (χ4v) is 13.9. The molecule has 58 heavy (non-hydrogen) atoms. The molecule has 4 aromatic rings. The second kappa shape index (κ2) is 19.9. The van der Waals surface area contributed by atoms with Crippen LogP contribution in [0.4, 0.5) is 8.78 Å². The number of rotatable bonds is 15. The Morgan fingerprint density at radius 1 is 0.534 bits per heavy atom. The molecule has 2 aliphatic heterocycles. The molecule has 4 aromatic carbocycles. The van der Waals surface area contributed by atoms with Crippen LogP contribution in [-0.4, -0.2) is 46.9 Å². The van der Waals surface area contributed by atoms with Gasteiger partial charge in [-0.2, -0.15) is 0 Å². The van der Waals surface area contributed by atoms with Gasteiger partial charge in [0, 0.05) is 30.7 Å². The Labute approximate surface area is 372 Å². The van der Waals surface area contributed by atoms with Gasteiger partial charge in [0.15, 0.2) is 13.2 Å². The number of carbonyl (C=O) groups excluding carboxylic acids is 2. The number of aliphatic carboxylic acids is 2. The second-order valence-corrected chi connectivity index (χ2v) is 19.5. The maximum absolute atomic E-state index is 14.5. The quantitative estimate of drug-likeness (QED) is 0.0666. The third-order valence-corrected chi connectivity index (χ3v) is 16.9. The molecule has 20 heteroatoms. The van der Waals surface area contributed by atoms with E-state index in [4.69, 9.17) is 66.1 Å². The predicted octanol–water partition coefficient (Wildman–Crippen LogP) is 13.2. The molecule has 0 saturated heterocycles. The monoisotopic (exact) mass is 974 g/mol. The highest BCUT2D eigenvalue weighted by Gasteiger charge is 2.31. The van der Waals surface area contributed by atoms with E-state index < -0.39 is 48.4 Å². The molecule has 2 N–H and O–H groups in total. The molecule has 6 rings (SSSR count). The lowest BCUT2D eigenvalue weighted by Crippen LogP contribution is -2.10. The van der Waals surface area contributed by atoms with Crippen LogP contribution in [-0.2, 0) is 9.59 Å². The topological polar surface area (TPSA) is 127 Å². The SMILES string of the molecule is O=C(O)COc1ccc(C(=O)/C(SS/C(C(=O)c2ccc(OCC(=O)O)c(Cl)c2Cl)=C2\C=C(c3ccc(F)cc3)SS2)=C2/C=C(c3ccc(F)cc3)SS2)c(Cl)c1Cl. The number of carbonyl (C=O) groups is 4. The molecule has 0 radical (unpaired) electrons. The average Bonchev–Trinajstić information content (AvgIpc) is 3.89. The maximum atomic E-state index is 14.5. The molecule has 0 aromatic heterocycles. The van der Waals surface area contributed by atoms with E-state index in [0.29, 0.717) is 30.7 Å². The molecule has 0 spiro atoms. The summed E-state index contributed by atoms with van der Waals surface area (Å²) in [6.07, 6.45) is 3.49. The van der Waals surface area contributed by atoms with Gasteiger partial charge in [0.2, 0.25) is 11.6 Å². The number of ether oxygens (including phenoxy) is 2. The fourth-order valence-electron chi connectivity index (χ4n) is 4.84. The first-order valence-electron chi connectivity index (χ1n) is 15.9. The van der Waals surface area contributed by atoms with Crippen LogP contribution in [0.5, 0.6) is 11.5 Å². The Bertz CT molecular complexity index is 2310. The standard InChI is InChI=1S/C38H20Cl4F2O8S6/c39-31-21(9-11-23(33(31)41)51-15-29(45)46)35(49)37(27-13-25(53-55-27)17-1-5-19(43)6-2-17)57-58-38(28-14-26(54-56-28)18-3-7-20(44)8-4-18)36(50)22-10-12-24(34(42)32(22)40)52-16-30(47)48/h1-14H,15-16H2,(H,45,46)(H,47,48)/b37-27+,38-28+. The molecular weight excluding hydrogens is 957 g/mol. The summed E-state index contributed by atoms with van der Waals surface area (Å²) in [5.74, 6) is -4.65. The van der Waals surface area contributed by atoms with Crippen molar-refractivity contribution in [1.82, 2.24) is 0 Å². The lowest BCUT2D eigenvalue weighted by molar-refractivity contribution is -0.140. The average molecular weight is 977 g/mol. The number of ketones is 2. The number of hydrogen-bond donors (Lipinski definition) is 2. The zero-order valence-electron chi connectivity index (χ0n) is 28.6. The Kier molecular flexibility index (Phi) is 15.3. The largest absolute Gasteiger partial charge is 0.480 e. The zero-order chi connectivity index (χ0) is 41.7. The number of hydrogen-bond acceptors (Lipinski definition) is 12. The summed E-state index contributed by atoms with van der Waals surface area (Å²) in [6.45, 7) is -1.41. The van der Waals surface area contributed by atoms with Crippen LogP contribution < -0.4 is 9.47 Å². The lowest BCUT2D eigenvalue weighted by Gasteiger charge is -2.15. The van der Waals surface area contributed by atoms with Crippen molar-refractivity contribution in [3.05, 3.63) is 159 Å². The van der Waals surface area contributed by atoms with E-state index in [2.05, 4.69) is 0 Å². The predicted molar refractivity (Wildman–Crippen MR) is 236 cm³/mol. The van der Waals surface area contributed by atoms with E-state index in [-0.39, 0.29) is 52.5 Å². The molecule has 0 aliphatic carbocycles. The first kappa shape index (κ1) is 44.4. The minimum Gasteiger partial charge on any atom is -0.480 e. The minimum atomic E-state index is -1.25. The molecule has 2 heterocycles. The van der Waals surface area contributed by atoms with Crippen molar-refractivity contribution in [1.29, 1.82) is 0 Å². The van der Waals surface area contributed by atoms with Crippen LogP contribution in [0.15, 0.2) is 105 Å². The van der Waals surface area contributed by atoms with Crippen molar-refractivity contribution in [2.45, 2.75) is 0 Å². The first-order chi connectivity index (χ1) is 27.7. The highest BCUT2D eigenvalue weighted by molar-refractivity contribution is 8.83. The molecule has 2 aliphatic rings. The first-order valence-corrected chi connectivity index (χ1v) is 23.9. The zero-order valence-corrected chi connectivity index (χ0v) is 36.5. The van der Waals surface area contributed by atoms with Crippen LogP contribution in [0, 0.1) is 11.6 Å². The lowest BCUT2D eigenvalue weighted by atomic mass is 10.1. The van der Waals surface area contributed by atoms with Gasteiger partial charge in [0.25, 0.3) is 0 Å². The van der Waals surface area contributed by atoms with Gasteiger partial charge in [0.05, 0.1) is 19.9 Å². The van der Waals surface area contributed by atoms with Crippen LogP contribution in [0.25, 0.3) is 9.81 Å². The summed E-state index contributed by atoms with van der Waals surface area (Å²) in [5.41, 5.74) is 1.29. The molecule has 0 unspecified atom stereocenters. The van der Waals surface area contributed by atoms with E-state index in [1.807, 2.05) is 0 Å². The number of carboxylic acid groups (broad SMARTS) is 2. The summed E-state index contributed by atoms with van der Waals surface area (Å²) in [5, 5.41) is 17.3. The van der Waals surface area contributed by atoms with Crippen molar-refractivity contribution in [2.24, 2.45) is 0 Å². The number of benzene rings is 4. The van der Waals surface area contributed by atoms with Crippen LogP contribution in [0.3, 0.4) is 0 Å². The third kappa shape index (κ3) is 10.6. The highest BCUT2D eigenvalue weighted by Crippen LogP contribution is 2.57. The van der Waals surface area contributed by atoms with E-state index >= 15 is 0 Å². The highest BCUT2D eigenvalue weighted by atomic mass is 35.5. The summed E-state index contributed by atoms with van der Waals surface area (Å²) in [6, 6.07) is 17.0. The van der Waals surface area contributed by atoms with Gasteiger partial charge < -0.3 is 19.7 Å². The van der Waals surface area contributed by atoms with Crippen LogP contribution >= 0.6 is 111 Å². The Morgan fingerprint density at radius 2 is 0.897 bits per heavy atom. The van der Waals surface area contributed by atoms with Gasteiger partial charge in [-0.05, 0) is 93.4 Å². The number of halogens is 6. The summed E-state index contributed by atoms with van der Waals surface area (Å²) in [7, 11) is 7.04. The third-order valence-electron chi connectivity index (χ3n) is 7.58. The molecule has 0 saturated carbocycles. The van der Waals surface area contributed by atoms with Gasteiger partial charge in [-0.1, -0.05) is 114 Å². The van der Waals surface area contributed by atoms with E-state index in [1.165, 1.54) is 91.7 Å². The molecule has 0 fully saturated rings. The summed E-state index contributed by atoms with van der Waals surface area (Å²) in [4.78, 5) is 53.9. The van der Waals surface area contributed by atoms with Crippen LogP contribution in [0.1, 0.15) is 31.8 Å². The van der Waals surface area contributed by atoms with Crippen molar-refractivity contribution < 1.29 is 47.6 Å². The van der Waals surface area contributed by atoms with Gasteiger partial charge in [0.1, 0.15) is 33.2 Å². The van der Waals surface area contributed by atoms with Crippen molar-refractivity contribution in [3.63, 3.8) is 0 Å². The van der Waals surface area contributed by atoms with Gasteiger partial charge >= 0.3 is 11.9 Å². The molecule has 0 bridgehead atoms. The Morgan fingerprint density at radius 3 is 1.24 bits per heavy atom. The molecule has 298 valence electrons. The van der Waals surface area contributed by atoms with Crippen molar-refractivity contribution >= 4 is 144 Å². The molecule has 0 amide bonds. The Balaban J connectivity index is 1.44. The smallest absolute Gasteiger partial charge is 0.341 e.